The van der Waals surface area contributed by atoms with Gasteiger partial charge in [0, 0.05) is 11.9 Å². The second-order valence-corrected chi connectivity index (χ2v) is 5.94. The molecule has 0 bridgehead atoms. The molecule has 1 amide bonds. The van der Waals surface area contributed by atoms with Crippen molar-refractivity contribution >= 4 is 23.4 Å². The lowest BCUT2D eigenvalue weighted by Gasteiger charge is -2.02. The highest BCUT2D eigenvalue weighted by Crippen LogP contribution is 2.29. The lowest BCUT2D eigenvalue weighted by Crippen LogP contribution is -2.28. The number of aryl methyl sites for hydroxylation is 1. The van der Waals surface area contributed by atoms with E-state index in [1.54, 1.807) is 31.5 Å². The van der Waals surface area contributed by atoms with E-state index in [0.29, 0.717) is 10.8 Å². The summed E-state index contributed by atoms with van der Waals surface area (Å²) in [5, 5.41) is 13.7. The second kappa shape index (κ2) is 8.24. The van der Waals surface area contributed by atoms with Crippen molar-refractivity contribution in [2.75, 3.05) is 13.6 Å². The van der Waals surface area contributed by atoms with E-state index in [9.17, 15) is 4.79 Å². The van der Waals surface area contributed by atoms with Crippen molar-refractivity contribution in [3.8, 4) is 0 Å². The quantitative estimate of drug-likeness (QED) is 0.682. The molecule has 6 heteroatoms. The van der Waals surface area contributed by atoms with Gasteiger partial charge >= 0.3 is 0 Å². The van der Waals surface area contributed by atoms with Crippen LogP contribution in [0.4, 0.5) is 0 Å². The Balaban J connectivity index is 1.90. The fraction of sp³-hybridized carbons (Fsp3) is 0.176. The Morgan fingerprint density at radius 1 is 1.26 bits per heavy atom. The van der Waals surface area contributed by atoms with Gasteiger partial charge in [-0.2, -0.15) is 0 Å². The third-order valence-electron chi connectivity index (χ3n) is 2.94. The molecule has 0 aliphatic heterocycles. The van der Waals surface area contributed by atoms with Crippen LogP contribution in [0.2, 0.25) is 0 Å². The van der Waals surface area contributed by atoms with Crippen molar-refractivity contribution in [2.45, 2.75) is 16.9 Å². The molecular weight excluding hydrogens is 310 g/mol. The van der Waals surface area contributed by atoms with Gasteiger partial charge in [-0.15, -0.1) is 0 Å². The number of benzene rings is 1. The van der Waals surface area contributed by atoms with Crippen molar-refractivity contribution in [3.05, 3.63) is 60.0 Å². The van der Waals surface area contributed by atoms with Crippen LogP contribution < -0.4 is 10.6 Å². The average molecular weight is 329 g/mol. The highest BCUT2D eigenvalue weighted by Gasteiger charge is 2.11. The minimum absolute atomic E-state index is 0.151. The van der Waals surface area contributed by atoms with E-state index in [-0.39, 0.29) is 18.2 Å². The predicted octanol–water partition coefficient (Wildman–Crippen LogP) is 3.22. The van der Waals surface area contributed by atoms with Gasteiger partial charge in [-0.05, 0) is 43.5 Å². The Labute approximate surface area is 139 Å². The van der Waals surface area contributed by atoms with Crippen molar-refractivity contribution in [3.63, 3.8) is 0 Å². The largest absolute Gasteiger partial charge is 0.444 e. The van der Waals surface area contributed by atoms with E-state index in [1.807, 2.05) is 31.2 Å². The van der Waals surface area contributed by atoms with Gasteiger partial charge in [0.15, 0.2) is 10.9 Å². The Hall–Kier alpha value is -2.47. The molecule has 2 rings (SSSR count). The third-order valence-corrected chi connectivity index (χ3v) is 3.86. The molecule has 2 aromatic rings. The lowest BCUT2D eigenvalue weighted by molar-refractivity contribution is 0.0926. The van der Waals surface area contributed by atoms with Gasteiger partial charge in [0.05, 0.1) is 12.3 Å². The Morgan fingerprint density at radius 3 is 2.70 bits per heavy atom. The molecule has 0 atom stereocenters. The molecule has 23 heavy (non-hydrogen) atoms. The van der Waals surface area contributed by atoms with Gasteiger partial charge in [-0.3, -0.25) is 4.79 Å². The van der Waals surface area contributed by atoms with Gasteiger partial charge in [0.2, 0.25) is 0 Å². The van der Waals surface area contributed by atoms with Crippen molar-refractivity contribution < 1.29 is 9.21 Å². The van der Waals surface area contributed by atoms with Crippen LogP contribution in [-0.2, 0) is 0 Å². The summed E-state index contributed by atoms with van der Waals surface area (Å²) >= 11 is 1.46. The van der Waals surface area contributed by atoms with Crippen LogP contribution in [0.15, 0.2) is 63.1 Å². The van der Waals surface area contributed by atoms with E-state index in [4.69, 9.17) is 9.83 Å². The molecule has 0 aliphatic carbocycles. The third kappa shape index (κ3) is 5.34. The fourth-order valence-corrected chi connectivity index (χ4v) is 2.50. The first-order chi connectivity index (χ1) is 11.1. The van der Waals surface area contributed by atoms with Crippen LogP contribution in [0.1, 0.15) is 16.1 Å². The van der Waals surface area contributed by atoms with Gasteiger partial charge < -0.3 is 20.5 Å². The molecule has 5 nitrogen and oxygen atoms in total. The number of hydrogen-bond acceptors (Lipinski definition) is 5. The number of amides is 1. The molecule has 0 radical (unpaired) electrons. The van der Waals surface area contributed by atoms with Gasteiger partial charge in [0.1, 0.15) is 0 Å². The van der Waals surface area contributed by atoms with Gasteiger partial charge in [-0.25, -0.2) is 0 Å². The molecule has 0 spiro atoms. The highest BCUT2D eigenvalue weighted by molar-refractivity contribution is 7.99. The summed E-state index contributed by atoms with van der Waals surface area (Å²) in [4.78, 5) is 13.0. The molecule has 0 fully saturated rings. The van der Waals surface area contributed by atoms with Crippen LogP contribution in [0.3, 0.4) is 0 Å². The molecule has 0 unspecified atom stereocenters. The highest BCUT2D eigenvalue weighted by atomic mass is 32.2. The lowest BCUT2D eigenvalue weighted by atomic mass is 10.2. The number of carbonyl (C=O) groups excluding carboxylic acids is 1. The van der Waals surface area contributed by atoms with Crippen LogP contribution >= 0.6 is 11.8 Å². The summed E-state index contributed by atoms with van der Waals surface area (Å²) in [6, 6.07) is 11.5. The molecular formula is C17H19N3O2S. The SMILES string of the molecule is CN/C=C\C(=N)CNC(=O)c1ccc(Sc2ccc(C)cc2)o1. The van der Waals surface area contributed by atoms with Gasteiger partial charge in [-0.1, -0.05) is 29.5 Å². The Kier molecular flexibility index (Phi) is 6.05. The van der Waals surface area contributed by atoms with Crippen molar-refractivity contribution in [1.29, 1.82) is 5.41 Å². The molecule has 0 saturated heterocycles. The van der Waals surface area contributed by atoms with Crippen LogP contribution in [0.25, 0.3) is 0 Å². The zero-order valence-corrected chi connectivity index (χ0v) is 13.9. The number of rotatable bonds is 7. The van der Waals surface area contributed by atoms with E-state index in [1.165, 1.54) is 17.3 Å². The number of nitrogens with one attached hydrogen (secondary N) is 3. The second-order valence-electron chi connectivity index (χ2n) is 4.86. The molecule has 0 aliphatic rings. The van der Waals surface area contributed by atoms with Crippen LogP contribution in [0.5, 0.6) is 0 Å². The Bertz CT molecular complexity index is 705. The number of hydrogen-bond donors (Lipinski definition) is 3. The zero-order chi connectivity index (χ0) is 16.7. The summed E-state index contributed by atoms with van der Waals surface area (Å²) in [5.74, 6) is -0.0895. The molecule has 3 N–H and O–H groups in total. The minimum atomic E-state index is -0.330. The van der Waals surface area contributed by atoms with E-state index in [2.05, 4.69) is 10.6 Å². The minimum Gasteiger partial charge on any atom is -0.444 e. The van der Waals surface area contributed by atoms with Crippen LogP contribution in [0, 0.1) is 12.3 Å². The van der Waals surface area contributed by atoms with E-state index < -0.39 is 0 Å². The molecule has 1 aromatic carbocycles. The first-order valence-electron chi connectivity index (χ1n) is 7.12. The summed E-state index contributed by atoms with van der Waals surface area (Å²) < 4.78 is 5.54. The van der Waals surface area contributed by atoms with E-state index in [0.717, 1.165) is 4.90 Å². The molecule has 1 aromatic heterocycles. The maximum absolute atomic E-state index is 12.0. The first-order valence-corrected chi connectivity index (χ1v) is 7.94. The maximum atomic E-state index is 12.0. The van der Waals surface area contributed by atoms with E-state index >= 15 is 0 Å². The predicted molar refractivity (Wildman–Crippen MR) is 92.3 cm³/mol. The average Bonchev–Trinajstić information content (AvgIpc) is 3.01. The number of furan rings is 1. The monoisotopic (exact) mass is 329 g/mol. The Morgan fingerprint density at radius 2 is 2.00 bits per heavy atom. The van der Waals surface area contributed by atoms with Crippen LogP contribution in [-0.4, -0.2) is 25.2 Å². The topological polar surface area (TPSA) is 78.1 Å². The normalized spacial score (nSPS) is 10.7. The molecule has 0 saturated carbocycles. The molecule has 1 heterocycles. The zero-order valence-electron chi connectivity index (χ0n) is 13.1. The van der Waals surface area contributed by atoms with Crippen molar-refractivity contribution in [2.24, 2.45) is 0 Å². The summed E-state index contributed by atoms with van der Waals surface area (Å²) in [6.07, 6.45) is 3.22. The molecule has 120 valence electrons. The fourth-order valence-electron chi connectivity index (χ4n) is 1.72. The van der Waals surface area contributed by atoms with Gasteiger partial charge in [0.25, 0.3) is 5.91 Å². The summed E-state index contributed by atoms with van der Waals surface area (Å²) in [6.45, 7) is 2.19. The maximum Gasteiger partial charge on any atom is 0.287 e. The van der Waals surface area contributed by atoms with Crippen molar-refractivity contribution in [1.82, 2.24) is 10.6 Å². The smallest absolute Gasteiger partial charge is 0.287 e. The standard InChI is InChI=1S/C17H19N3O2S/c1-12-3-5-14(6-4-12)23-16-8-7-15(22-16)17(21)20-11-13(18)9-10-19-2/h3-10,18-19H,11H2,1-2H3,(H,20,21)/b10-9-,18-13?. The summed E-state index contributed by atoms with van der Waals surface area (Å²) in [5.41, 5.74) is 1.50. The summed E-state index contributed by atoms with van der Waals surface area (Å²) in [7, 11) is 1.75. The number of carbonyl (C=O) groups is 1. The first kappa shape index (κ1) is 16.9.